The van der Waals surface area contributed by atoms with Crippen LogP contribution in [0.25, 0.3) is 0 Å². The fraction of sp³-hybridized carbons (Fsp3) is 0.415. The molecule has 0 saturated heterocycles. The summed E-state index contributed by atoms with van der Waals surface area (Å²) in [7, 11) is 0. The molecule has 4 aromatic rings. The van der Waals surface area contributed by atoms with E-state index in [9.17, 15) is 10.2 Å². The van der Waals surface area contributed by atoms with Crippen LogP contribution in [0.15, 0.2) is 84.9 Å². The quantitative estimate of drug-likeness (QED) is 0.220. The first-order valence-corrected chi connectivity index (χ1v) is 16.8. The number of hydrogen-bond donors (Lipinski definition) is 2. The van der Waals surface area contributed by atoms with E-state index in [1.54, 1.807) is 0 Å². The Labute approximate surface area is 258 Å². The molecule has 2 nitrogen and oxygen atoms in total. The van der Waals surface area contributed by atoms with E-state index < -0.39 is 0 Å². The Morgan fingerprint density at radius 1 is 0.535 bits per heavy atom. The van der Waals surface area contributed by atoms with Gasteiger partial charge >= 0.3 is 0 Å². The molecule has 0 heterocycles. The highest BCUT2D eigenvalue weighted by molar-refractivity contribution is 5.54. The van der Waals surface area contributed by atoms with Gasteiger partial charge in [0.05, 0.1) is 0 Å². The van der Waals surface area contributed by atoms with Gasteiger partial charge in [-0.05, 0) is 113 Å². The van der Waals surface area contributed by atoms with Crippen LogP contribution in [0.1, 0.15) is 146 Å². The fourth-order valence-electron chi connectivity index (χ4n) is 8.28. The van der Waals surface area contributed by atoms with E-state index in [1.165, 1.54) is 109 Å². The summed E-state index contributed by atoms with van der Waals surface area (Å²) in [5, 5.41) is 22.4. The fourth-order valence-corrected chi connectivity index (χ4v) is 8.28. The predicted octanol–water partition coefficient (Wildman–Crippen LogP) is 11.1. The van der Waals surface area contributed by atoms with Crippen LogP contribution in [0, 0.1) is 0 Å². The number of aromatic hydroxyl groups is 2. The Bertz CT molecular complexity index is 1380. The molecule has 0 spiro atoms. The van der Waals surface area contributed by atoms with Crippen molar-refractivity contribution >= 4 is 0 Å². The molecule has 4 aromatic carbocycles. The Morgan fingerprint density at radius 3 is 1.28 bits per heavy atom. The zero-order valence-electron chi connectivity index (χ0n) is 26.1. The van der Waals surface area contributed by atoms with Crippen molar-refractivity contribution in [2.75, 3.05) is 0 Å². The second kappa shape index (κ2) is 13.4. The van der Waals surface area contributed by atoms with E-state index >= 15 is 0 Å². The Morgan fingerprint density at radius 2 is 0.907 bits per heavy atom. The molecule has 2 aliphatic carbocycles. The molecule has 2 aliphatic rings. The predicted molar refractivity (Wildman–Crippen MR) is 179 cm³/mol. The molecule has 43 heavy (non-hydrogen) atoms. The lowest BCUT2D eigenvalue weighted by atomic mass is 9.73. The molecule has 2 atom stereocenters. The maximum Gasteiger partial charge on any atom is 0.116 e. The van der Waals surface area contributed by atoms with Crippen LogP contribution in [-0.4, -0.2) is 10.2 Å². The summed E-state index contributed by atoms with van der Waals surface area (Å²) in [6.07, 6.45) is 13.3. The van der Waals surface area contributed by atoms with Crippen molar-refractivity contribution in [1.82, 2.24) is 0 Å². The van der Waals surface area contributed by atoms with Gasteiger partial charge in [-0.2, -0.15) is 0 Å². The zero-order chi connectivity index (χ0) is 29.8. The number of phenols is 2. The monoisotopic (exact) mass is 572 g/mol. The van der Waals surface area contributed by atoms with Gasteiger partial charge in [0, 0.05) is 11.8 Å². The minimum Gasteiger partial charge on any atom is -0.508 e. The van der Waals surface area contributed by atoms with Crippen LogP contribution in [0.3, 0.4) is 0 Å². The highest BCUT2D eigenvalue weighted by Crippen LogP contribution is 2.46. The summed E-state index contributed by atoms with van der Waals surface area (Å²) in [6, 6.07) is 29.7. The standard InChI is InChI=1S/C41H48O2/c1-28(30-15-7-3-8-16-30)38-26-36(42)24-34(40(38)32-19-11-5-12-20-32)23-35-25-37(43)27-39(29(2)31-17-9-4-10-18-31)41(35)33-21-13-6-14-22-33/h3-4,7-10,15-18,24-29,32-33,42-43H,5-6,11-14,19-23H2,1-2H3. The average molecular weight is 573 g/mol. The number of rotatable bonds is 8. The van der Waals surface area contributed by atoms with E-state index in [4.69, 9.17) is 0 Å². The molecular formula is C41H48O2. The van der Waals surface area contributed by atoms with E-state index in [-0.39, 0.29) is 11.8 Å². The average Bonchev–Trinajstić information content (AvgIpc) is 3.05. The van der Waals surface area contributed by atoms with Crippen molar-refractivity contribution in [3.8, 4) is 11.5 Å². The summed E-state index contributed by atoms with van der Waals surface area (Å²) < 4.78 is 0. The van der Waals surface area contributed by atoms with Gasteiger partial charge in [0.2, 0.25) is 0 Å². The summed E-state index contributed by atoms with van der Waals surface area (Å²) in [6.45, 7) is 4.59. The Kier molecular flexibility index (Phi) is 9.22. The third kappa shape index (κ3) is 6.54. The molecule has 2 heteroatoms. The second-order valence-corrected chi connectivity index (χ2v) is 13.3. The third-order valence-corrected chi connectivity index (χ3v) is 10.5. The summed E-state index contributed by atoms with van der Waals surface area (Å²) in [4.78, 5) is 0. The van der Waals surface area contributed by atoms with Gasteiger partial charge in [-0.1, -0.05) is 113 Å². The van der Waals surface area contributed by atoms with E-state index in [2.05, 4.69) is 74.5 Å². The molecule has 0 amide bonds. The highest BCUT2D eigenvalue weighted by atomic mass is 16.3. The lowest BCUT2D eigenvalue weighted by Crippen LogP contribution is -2.16. The molecule has 0 radical (unpaired) electrons. The summed E-state index contributed by atoms with van der Waals surface area (Å²) in [5.41, 5.74) is 10.5. The van der Waals surface area contributed by atoms with Crippen LogP contribution in [0.4, 0.5) is 0 Å². The first-order valence-electron chi connectivity index (χ1n) is 16.8. The second-order valence-electron chi connectivity index (χ2n) is 13.3. The van der Waals surface area contributed by atoms with E-state index in [0.717, 1.165) is 6.42 Å². The largest absolute Gasteiger partial charge is 0.508 e. The molecule has 2 unspecified atom stereocenters. The Hall–Kier alpha value is -3.52. The summed E-state index contributed by atoms with van der Waals surface area (Å²) in [5.74, 6) is 2.10. The molecule has 6 rings (SSSR count). The highest BCUT2D eigenvalue weighted by Gasteiger charge is 2.29. The van der Waals surface area contributed by atoms with Gasteiger partial charge in [0.1, 0.15) is 11.5 Å². The maximum absolute atomic E-state index is 11.2. The van der Waals surface area contributed by atoms with Crippen molar-refractivity contribution in [2.45, 2.75) is 108 Å². The number of hydrogen-bond acceptors (Lipinski definition) is 2. The van der Waals surface area contributed by atoms with Crippen LogP contribution < -0.4 is 0 Å². The SMILES string of the molecule is CC(c1ccccc1)c1cc(O)cc(Cc2cc(O)cc(C(C)c3ccccc3)c2C2CCCCC2)c1C1CCCCC1. The van der Waals surface area contributed by atoms with Gasteiger partial charge in [0.25, 0.3) is 0 Å². The lowest BCUT2D eigenvalue weighted by Gasteiger charge is -2.32. The molecule has 2 N–H and O–H groups in total. The van der Waals surface area contributed by atoms with Gasteiger partial charge in [0.15, 0.2) is 0 Å². The minimum absolute atomic E-state index is 0.194. The molecule has 224 valence electrons. The van der Waals surface area contributed by atoms with Crippen molar-refractivity contribution in [2.24, 2.45) is 0 Å². The van der Waals surface area contributed by atoms with Crippen molar-refractivity contribution in [3.05, 3.63) is 129 Å². The van der Waals surface area contributed by atoms with Crippen LogP contribution in [0.2, 0.25) is 0 Å². The third-order valence-electron chi connectivity index (χ3n) is 10.5. The molecule has 2 saturated carbocycles. The normalized spacial score (nSPS) is 17.9. The van der Waals surface area contributed by atoms with Gasteiger partial charge in [-0.25, -0.2) is 0 Å². The summed E-state index contributed by atoms with van der Waals surface area (Å²) >= 11 is 0. The van der Waals surface area contributed by atoms with Crippen molar-refractivity contribution in [1.29, 1.82) is 0 Å². The van der Waals surface area contributed by atoms with Crippen LogP contribution >= 0.6 is 0 Å². The van der Waals surface area contributed by atoms with Crippen molar-refractivity contribution < 1.29 is 10.2 Å². The van der Waals surface area contributed by atoms with Gasteiger partial charge in [-0.15, -0.1) is 0 Å². The smallest absolute Gasteiger partial charge is 0.116 e. The van der Waals surface area contributed by atoms with E-state index in [0.29, 0.717) is 23.3 Å². The molecule has 0 bridgehead atoms. The van der Waals surface area contributed by atoms with E-state index in [1.807, 2.05) is 24.3 Å². The van der Waals surface area contributed by atoms with Crippen LogP contribution in [0.5, 0.6) is 11.5 Å². The molecular weight excluding hydrogens is 524 g/mol. The lowest BCUT2D eigenvalue weighted by molar-refractivity contribution is 0.433. The number of phenolic OH excluding ortho intramolecular Hbond substituents is 2. The first-order chi connectivity index (χ1) is 21.0. The van der Waals surface area contributed by atoms with Crippen LogP contribution in [-0.2, 0) is 6.42 Å². The zero-order valence-corrected chi connectivity index (χ0v) is 26.1. The topological polar surface area (TPSA) is 40.5 Å². The molecule has 0 aliphatic heterocycles. The van der Waals surface area contributed by atoms with Gasteiger partial charge in [-0.3, -0.25) is 0 Å². The molecule has 2 fully saturated rings. The first kappa shape index (κ1) is 29.5. The van der Waals surface area contributed by atoms with Crippen molar-refractivity contribution in [3.63, 3.8) is 0 Å². The minimum atomic E-state index is 0.194. The maximum atomic E-state index is 11.2. The number of benzene rings is 4. The molecule has 0 aromatic heterocycles. The van der Waals surface area contributed by atoms with Gasteiger partial charge < -0.3 is 10.2 Å². The Balaban J connectivity index is 1.50.